The minimum atomic E-state index is 0.562. The third kappa shape index (κ3) is 4.84. The summed E-state index contributed by atoms with van der Waals surface area (Å²) in [4.78, 5) is 0. The average molecular weight is 220 g/mol. The average Bonchev–Trinajstić information content (AvgIpc) is 2.27. The van der Waals surface area contributed by atoms with Crippen molar-refractivity contribution in [3.8, 4) is 5.75 Å². The van der Waals surface area contributed by atoms with Gasteiger partial charge < -0.3 is 15.8 Å². The smallest absolute Gasteiger partial charge is 0.121 e. The van der Waals surface area contributed by atoms with Gasteiger partial charge in [0.15, 0.2) is 0 Å². The van der Waals surface area contributed by atoms with Gasteiger partial charge >= 0.3 is 0 Å². The molecule has 0 aliphatic heterocycles. The van der Waals surface area contributed by atoms with E-state index < -0.39 is 0 Å². The van der Waals surface area contributed by atoms with Gasteiger partial charge in [-0.2, -0.15) is 0 Å². The molecule has 0 atom stereocenters. The zero-order valence-electron chi connectivity index (χ0n) is 9.83. The Morgan fingerprint density at radius 2 is 2.31 bits per heavy atom. The number of rotatable bonds is 7. The molecule has 0 aliphatic carbocycles. The molecule has 0 saturated heterocycles. The van der Waals surface area contributed by atoms with Crippen molar-refractivity contribution in [2.24, 2.45) is 5.73 Å². The molecule has 0 radical (unpaired) electrons. The van der Waals surface area contributed by atoms with E-state index in [4.69, 9.17) is 10.5 Å². The first-order valence-electron chi connectivity index (χ1n) is 5.53. The predicted molar refractivity (Wildman–Crippen MR) is 68.9 cm³/mol. The molecule has 1 rings (SSSR count). The number of nitrogens with one attached hydrogen (secondary N) is 1. The molecule has 0 aromatic heterocycles. The summed E-state index contributed by atoms with van der Waals surface area (Å²) in [5.74, 6) is 0.862. The van der Waals surface area contributed by atoms with E-state index in [1.165, 1.54) is 0 Å². The van der Waals surface area contributed by atoms with E-state index in [0.29, 0.717) is 13.2 Å². The van der Waals surface area contributed by atoms with Gasteiger partial charge in [0.25, 0.3) is 0 Å². The molecule has 3 N–H and O–H groups in total. The largest absolute Gasteiger partial charge is 0.489 e. The van der Waals surface area contributed by atoms with E-state index >= 15 is 0 Å². The van der Waals surface area contributed by atoms with Crippen LogP contribution in [0.2, 0.25) is 0 Å². The lowest BCUT2D eigenvalue weighted by atomic mass is 10.3. The first-order valence-corrected chi connectivity index (χ1v) is 5.53. The Labute approximate surface area is 97.3 Å². The number of benzene rings is 1. The molecule has 1 aromatic carbocycles. The van der Waals surface area contributed by atoms with Crippen molar-refractivity contribution < 1.29 is 4.74 Å². The first-order chi connectivity index (χ1) is 7.72. The quantitative estimate of drug-likeness (QED) is 0.548. The molecule has 3 heteroatoms. The third-order valence-corrected chi connectivity index (χ3v) is 2.03. The molecular formula is C13H20N2O. The van der Waals surface area contributed by atoms with Gasteiger partial charge in [0.1, 0.15) is 12.4 Å². The minimum absolute atomic E-state index is 0.562. The molecule has 0 spiro atoms. The fourth-order valence-electron chi connectivity index (χ4n) is 1.24. The highest BCUT2D eigenvalue weighted by Crippen LogP contribution is 2.17. The topological polar surface area (TPSA) is 47.3 Å². The summed E-state index contributed by atoms with van der Waals surface area (Å²) in [6, 6.07) is 7.92. The lowest BCUT2D eigenvalue weighted by Gasteiger charge is -2.09. The van der Waals surface area contributed by atoms with Crippen molar-refractivity contribution >= 4 is 5.69 Å². The summed E-state index contributed by atoms with van der Waals surface area (Å²) in [5.41, 5.74) is 7.51. The van der Waals surface area contributed by atoms with Crippen LogP contribution in [0.4, 0.5) is 5.69 Å². The highest BCUT2D eigenvalue weighted by molar-refractivity contribution is 5.48. The summed E-state index contributed by atoms with van der Waals surface area (Å²) in [7, 11) is 0. The Morgan fingerprint density at radius 3 is 3.00 bits per heavy atom. The van der Waals surface area contributed by atoms with Crippen molar-refractivity contribution in [3.63, 3.8) is 0 Å². The fraction of sp³-hybridized carbons (Fsp3) is 0.385. The number of hydrogen-bond donors (Lipinski definition) is 2. The molecule has 0 amide bonds. The molecule has 0 bridgehead atoms. The molecule has 3 nitrogen and oxygen atoms in total. The van der Waals surface area contributed by atoms with Gasteiger partial charge in [0.05, 0.1) is 0 Å². The van der Waals surface area contributed by atoms with Gasteiger partial charge in [-0.15, -0.1) is 0 Å². The summed E-state index contributed by atoms with van der Waals surface area (Å²) in [6.07, 6.45) is 0.969. The highest BCUT2D eigenvalue weighted by Gasteiger charge is 1.96. The van der Waals surface area contributed by atoms with E-state index in [2.05, 4.69) is 11.9 Å². The van der Waals surface area contributed by atoms with Crippen LogP contribution in [-0.4, -0.2) is 19.7 Å². The van der Waals surface area contributed by atoms with Gasteiger partial charge in [-0.05, 0) is 37.6 Å². The van der Waals surface area contributed by atoms with Crippen LogP contribution in [0, 0.1) is 0 Å². The summed E-state index contributed by atoms with van der Waals surface area (Å²) in [5, 5.41) is 3.29. The molecule has 0 fully saturated rings. The second-order valence-corrected chi connectivity index (χ2v) is 3.84. The Kier molecular flexibility index (Phi) is 5.43. The van der Waals surface area contributed by atoms with Crippen LogP contribution in [0.15, 0.2) is 36.4 Å². The molecule has 0 aliphatic rings. The van der Waals surface area contributed by atoms with Gasteiger partial charge in [-0.1, -0.05) is 12.6 Å². The predicted octanol–water partition coefficient (Wildman–Crippen LogP) is 2.40. The van der Waals surface area contributed by atoms with Crippen LogP contribution in [0.3, 0.4) is 0 Å². The van der Waals surface area contributed by atoms with E-state index in [0.717, 1.165) is 30.0 Å². The molecule has 0 saturated carbocycles. The Balaban J connectivity index is 2.46. The molecule has 88 valence electrons. The number of nitrogens with two attached hydrogens (primary N) is 1. The van der Waals surface area contributed by atoms with Crippen molar-refractivity contribution in [1.82, 2.24) is 0 Å². The van der Waals surface area contributed by atoms with Crippen molar-refractivity contribution in [3.05, 3.63) is 36.4 Å². The number of hydrogen-bond acceptors (Lipinski definition) is 3. The van der Waals surface area contributed by atoms with Crippen LogP contribution >= 0.6 is 0 Å². The van der Waals surface area contributed by atoms with Crippen LogP contribution in [0.5, 0.6) is 5.75 Å². The van der Waals surface area contributed by atoms with Gasteiger partial charge in [-0.25, -0.2) is 0 Å². The van der Waals surface area contributed by atoms with Crippen LogP contribution < -0.4 is 15.8 Å². The van der Waals surface area contributed by atoms with Crippen LogP contribution in [0.1, 0.15) is 13.3 Å². The first kappa shape index (κ1) is 12.6. The second-order valence-electron chi connectivity index (χ2n) is 3.84. The zero-order chi connectivity index (χ0) is 11.8. The fourth-order valence-corrected chi connectivity index (χ4v) is 1.24. The maximum Gasteiger partial charge on any atom is 0.121 e. The summed E-state index contributed by atoms with van der Waals surface area (Å²) < 4.78 is 5.55. The lowest BCUT2D eigenvalue weighted by molar-refractivity contribution is 0.353. The Bertz CT molecular complexity index is 336. The summed E-state index contributed by atoms with van der Waals surface area (Å²) in [6.45, 7) is 7.90. The molecule has 16 heavy (non-hydrogen) atoms. The Morgan fingerprint density at radius 1 is 1.50 bits per heavy atom. The van der Waals surface area contributed by atoms with Gasteiger partial charge in [0.2, 0.25) is 0 Å². The van der Waals surface area contributed by atoms with E-state index in [1.54, 1.807) is 0 Å². The number of ether oxygens (including phenoxy) is 1. The molecule has 0 heterocycles. The number of anilines is 1. The maximum atomic E-state index is 5.55. The van der Waals surface area contributed by atoms with Gasteiger partial charge in [-0.3, -0.25) is 0 Å². The van der Waals surface area contributed by atoms with E-state index in [-0.39, 0.29) is 0 Å². The molecule has 0 unspecified atom stereocenters. The van der Waals surface area contributed by atoms with E-state index in [1.807, 2.05) is 31.2 Å². The molecule has 1 aromatic rings. The van der Waals surface area contributed by atoms with Crippen molar-refractivity contribution in [2.75, 3.05) is 25.0 Å². The standard InChI is InChI=1S/C13H20N2O/c1-11(2)10-16-13-6-3-5-12(9-13)15-8-4-7-14/h3,5-6,9,15H,1,4,7-8,10,14H2,2H3. The second kappa shape index (κ2) is 6.90. The van der Waals surface area contributed by atoms with Crippen LogP contribution in [0.25, 0.3) is 0 Å². The van der Waals surface area contributed by atoms with Crippen molar-refractivity contribution in [2.45, 2.75) is 13.3 Å². The minimum Gasteiger partial charge on any atom is -0.489 e. The third-order valence-electron chi connectivity index (χ3n) is 2.03. The zero-order valence-corrected chi connectivity index (χ0v) is 9.83. The van der Waals surface area contributed by atoms with E-state index in [9.17, 15) is 0 Å². The normalized spacial score (nSPS) is 9.88. The maximum absolute atomic E-state index is 5.55. The lowest BCUT2D eigenvalue weighted by Crippen LogP contribution is -2.08. The highest BCUT2D eigenvalue weighted by atomic mass is 16.5. The van der Waals surface area contributed by atoms with Gasteiger partial charge in [0, 0.05) is 18.3 Å². The van der Waals surface area contributed by atoms with Crippen molar-refractivity contribution in [1.29, 1.82) is 0 Å². The monoisotopic (exact) mass is 220 g/mol. The van der Waals surface area contributed by atoms with Crippen LogP contribution in [-0.2, 0) is 0 Å². The summed E-state index contributed by atoms with van der Waals surface area (Å²) >= 11 is 0. The SMILES string of the molecule is C=C(C)COc1cccc(NCCCN)c1. The Hall–Kier alpha value is -1.48. The molecular weight excluding hydrogens is 200 g/mol.